The number of aromatic nitrogens is 5. The van der Waals surface area contributed by atoms with Crippen LogP contribution in [0.1, 0.15) is 87.7 Å². The van der Waals surface area contributed by atoms with Crippen LogP contribution in [0.4, 0.5) is 9.59 Å². The van der Waals surface area contributed by atoms with Crippen LogP contribution in [0.25, 0.3) is 55.2 Å². The molecule has 3 saturated heterocycles. The highest BCUT2D eigenvalue weighted by Crippen LogP contribution is 2.37. The van der Waals surface area contributed by atoms with Gasteiger partial charge in [-0.15, -0.1) is 0 Å². The first-order valence-corrected chi connectivity index (χ1v) is 23.6. The maximum absolute atomic E-state index is 14.3. The quantitative estimate of drug-likeness (QED) is 0.0975. The van der Waals surface area contributed by atoms with Crippen LogP contribution >= 0.6 is 0 Å². The maximum atomic E-state index is 14.3. The largest absolute Gasteiger partial charge is 0.453 e. The molecule has 0 bridgehead atoms. The van der Waals surface area contributed by atoms with E-state index in [1.807, 2.05) is 84.4 Å². The van der Waals surface area contributed by atoms with Crippen molar-refractivity contribution in [3.8, 4) is 22.5 Å². The molecule has 3 aromatic heterocycles. The number of hydrogen-bond acceptors (Lipinski definition) is 10. The van der Waals surface area contributed by atoms with Crippen LogP contribution in [-0.2, 0) is 23.8 Å². The number of imidazole rings is 2. The van der Waals surface area contributed by atoms with Crippen molar-refractivity contribution in [2.75, 3.05) is 33.4 Å². The molecule has 68 heavy (non-hydrogen) atoms. The Labute approximate surface area is 393 Å². The zero-order valence-corrected chi connectivity index (χ0v) is 38.4. The fourth-order valence-electron chi connectivity index (χ4n) is 9.95. The number of carbonyl (C=O) groups is 4. The van der Waals surface area contributed by atoms with Gasteiger partial charge in [-0.05, 0) is 72.9 Å². The van der Waals surface area contributed by atoms with Gasteiger partial charge < -0.3 is 44.6 Å². The topological polar surface area (TPSA) is 197 Å². The van der Waals surface area contributed by atoms with Gasteiger partial charge in [0.15, 0.2) is 0 Å². The first-order valence-electron chi connectivity index (χ1n) is 23.6. The average Bonchev–Trinajstić information content (AvgIpc) is 4.22. The van der Waals surface area contributed by atoms with Crippen LogP contribution in [0, 0.1) is 5.92 Å². The van der Waals surface area contributed by atoms with Crippen LogP contribution in [0.3, 0.4) is 0 Å². The number of nitrogens with one attached hydrogen (secondary N) is 4. The van der Waals surface area contributed by atoms with Crippen molar-refractivity contribution in [1.82, 2.24) is 45.4 Å². The minimum atomic E-state index is -0.914. The summed E-state index contributed by atoms with van der Waals surface area (Å²) in [6, 6.07) is 27.7. The summed E-state index contributed by atoms with van der Waals surface area (Å²) in [6.07, 6.45) is 4.70. The molecular formula is C52H55N9O7. The molecule has 0 unspecified atom stereocenters. The van der Waals surface area contributed by atoms with Crippen molar-refractivity contribution >= 4 is 56.7 Å². The smallest absolute Gasteiger partial charge is 0.408 e. The monoisotopic (exact) mass is 917 g/mol. The first-order chi connectivity index (χ1) is 33.1. The molecule has 4 aromatic carbocycles. The van der Waals surface area contributed by atoms with E-state index in [4.69, 9.17) is 29.2 Å². The van der Waals surface area contributed by atoms with Crippen molar-refractivity contribution in [1.29, 1.82) is 0 Å². The molecule has 350 valence electrons. The van der Waals surface area contributed by atoms with Crippen molar-refractivity contribution < 1.29 is 33.4 Å². The van der Waals surface area contributed by atoms with E-state index in [0.717, 1.165) is 86.7 Å². The number of H-pyrrole nitrogens is 2. The second kappa shape index (κ2) is 19.1. The number of aromatic amines is 2. The fraction of sp³-hybridized carbons (Fsp3) is 0.365. The molecule has 0 spiro atoms. The molecule has 6 heterocycles. The highest BCUT2D eigenvalue weighted by Gasteiger charge is 2.39. The summed E-state index contributed by atoms with van der Waals surface area (Å²) < 4.78 is 15.9. The van der Waals surface area contributed by atoms with Crippen molar-refractivity contribution in [2.45, 2.75) is 82.6 Å². The Morgan fingerprint density at radius 2 is 1.46 bits per heavy atom. The van der Waals surface area contributed by atoms with Gasteiger partial charge in [-0.25, -0.2) is 24.5 Å². The van der Waals surface area contributed by atoms with E-state index < -0.39 is 24.3 Å². The van der Waals surface area contributed by atoms with Crippen LogP contribution in [0.2, 0.25) is 0 Å². The normalized spacial score (nSPS) is 18.6. The van der Waals surface area contributed by atoms with Gasteiger partial charge in [-0.2, -0.15) is 0 Å². The Bertz CT molecular complexity index is 3000. The molecule has 16 heteroatoms. The summed E-state index contributed by atoms with van der Waals surface area (Å²) in [4.78, 5) is 78.8. The Hall–Kier alpha value is -7.33. The number of hydrogen-bond donors (Lipinski definition) is 4. The van der Waals surface area contributed by atoms with Gasteiger partial charge >= 0.3 is 12.2 Å². The van der Waals surface area contributed by atoms with Crippen molar-refractivity contribution in [3.63, 3.8) is 0 Å². The average molecular weight is 918 g/mol. The summed E-state index contributed by atoms with van der Waals surface area (Å²) in [7, 11) is 1.29. The Balaban J connectivity index is 0.843. The Morgan fingerprint density at radius 3 is 2.22 bits per heavy atom. The van der Waals surface area contributed by atoms with Gasteiger partial charge in [-0.3, -0.25) is 9.59 Å². The summed E-state index contributed by atoms with van der Waals surface area (Å²) in [5.74, 6) is 0.943. The number of carbonyl (C=O) groups excluding carboxylic acids is 4. The predicted octanol–water partition coefficient (Wildman–Crippen LogP) is 8.68. The molecule has 4 atom stereocenters. The van der Waals surface area contributed by atoms with Crippen molar-refractivity contribution in [2.24, 2.45) is 5.92 Å². The summed E-state index contributed by atoms with van der Waals surface area (Å²) in [5, 5.41) is 8.57. The Morgan fingerprint density at radius 1 is 0.735 bits per heavy atom. The van der Waals surface area contributed by atoms with Gasteiger partial charge in [0.1, 0.15) is 29.8 Å². The number of benzene rings is 4. The molecule has 3 aliphatic rings. The number of amides is 4. The number of likely N-dealkylation sites (tertiary alicyclic amines) is 2. The van der Waals surface area contributed by atoms with E-state index in [2.05, 4.69) is 57.0 Å². The number of alkyl carbamates (subject to hydrolysis) is 2. The second-order valence-corrected chi connectivity index (χ2v) is 18.2. The van der Waals surface area contributed by atoms with Crippen LogP contribution in [-0.4, -0.2) is 104 Å². The van der Waals surface area contributed by atoms with Crippen LogP contribution in [0.5, 0.6) is 0 Å². The maximum Gasteiger partial charge on any atom is 0.408 e. The number of pyridine rings is 1. The lowest BCUT2D eigenvalue weighted by atomic mass is 10.0. The number of nitrogens with zero attached hydrogens (tertiary/aromatic N) is 5. The summed E-state index contributed by atoms with van der Waals surface area (Å²) in [6.45, 7) is 6.01. The standard InChI is InChI=1S/C52H55N9O7/c1-30(2)44(58-51(64)66-3)49(62)61-24-8-12-43(61)48-55-40-20-14-32-27-33(13-17-37(32)46(40)57-48)38-18-15-34-28-35(16-19-39(34)54-38)41-29-53-47(56-41)42-11-7-23-60(42)50(63)45(31-9-5-4-6-10-31)59-52(65)68-36-21-25-67-26-22-36/h4-6,9-10,13-20,27-30,36,42-45H,7-8,11-12,21-26H2,1-3H3,(H,53,56)(H,55,57)(H,58,64)(H,59,65)/t42-,43-,44-,45+/m0/s1. The Kier molecular flexibility index (Phi) is 12.5. The molecule has 16 nitrogen and oxygen atoms in total. The molecular weight excluding hydrogens is 863 g/mol. The van der Waals surface area contributed by atoms with E-state index in [0.29, 0.717) is 50.5 Å². The lowest BCUT2D eigenvalue weighted by Gasteiger charge is -2.29. The minimum absolute atomic E-state index is 0.120. The van der Waals surface area contributed by atoms with E-state index in [1.54, 1.807) is 0 Å². The SMILES string of the molecule is COC(=O)N[C@H](C(=O)N1CCC[C@H]1c1nc2c(ccc3cc(-c4ccc5cc(-c6cnc([C@@H]7CCCN7C(=O)[C@H](NC(=O)OC7CCOCC7)c7ccccc7)[nH]6)ccc5n4)ccc32)[nH]1)C(C)C. The first kappa shape index (κ1) is 44.5. The van der Waals surface area contributed by atoms with E-state index >= 15 is 0 Å². The third-order valence-corrected chi connectivity index (χ3v) is 13.6. The summed E-state index contributed by atoms with van der Waals surface area (Å²) >= 11 is 0. The molecule has 4 amide bonds. The molecule has 4 N–H and O–H groups in total. The second-order valence-electron chi connectivity index (χ2n) is 18.2. The van der Waals surface area contributed by atoms with E-state index in [1.165, 1.54) is 7.11 Å². The lowest BCUT2D eigenvalue weighted by Crippen LogP contribution is -2.51. The van der Waals surface area contributed by atoms with E-state index in [9.17, 15) is 19.2 Å². The highest BCUT2D eigenvalue weighted by atomic mass is 16.6. The third-order valence-electron chi connectivity index (χ3n) is 13.6. The van der Waals surface area contributed by atoms with Gasteiger partial charge in [0, 0.05) is 47.8 Å². The molecule has 10 rings (SSSR count). The minimum Gasteiger partial charge on any atom is -0.453 e. The third kappa shape index (κ3) is 8.95. The van der Waals surface area contributed by atoms with Gasteiger partial charge in [0.25, 0.3) is 5.91 Å². The number of ether oxygens (including phenoxy) is 3. The zero-order chi connectivity index (χ0) is 46.9. The van der Waals surface area contributed by atoms with Gasteiger partial charge in [-0.1, -0.05) is 74.5 Å². The van der Waals surface area contributed by atoms with Crippen LogP contribution in [0.15, 0.2) is 97.2 Å². The highest BCUT2D eigenvalue weighted by molar-refractivity contribution is 6.05. The lowest BCUT2D eigenvalue weighted by molar-refractivity contribution is -0.136. The molecule has 3 fully saturated rings. The molecule has 0 radical (unpaired) electrons. The van der Waals surface area contributed by atoms with Gasteiger partial charge in [0.05, 0.1) is 66.5 Å². The summed E-state index contributed by atoms with van der Waals surface area (Å²) in [5.41, 5.74) is 6.83. The zero-order valence-electron chi connectivity index (χ0n) is 38.4. The van der Waals surface area contributed by atoms with Gasteiger partial charge in [0.2, 0.25) is 5.91 Å². The molecule has 7 aromatic rings. The van der Waals surface area contributed by atoms with Crippen molar-refractivity contribution in [3.05, 3.63) is 114 Å². The number of methoxy groups -OCH3 is 1. The molecule has 0 saturated carbocycles. The number of rotatable bonds is 11. The molecule has 0 aliphatic carbocycles. The fourth-order valence-corrected chi connectivity index (χ4v) is 9.95. The molecule has 3 aliphatic heterocycles. The van der Waals surface area contributed by atoms with E-state index in [-0.39, 0.29) is 35.9 Å². The number of fused-ring (bicyclic) bond motifs is 4. The van der Waals surface area contributed by atoms with Crippen LogP contribution < -0.4 is 10.6 Å². The predicted molar refractivity (Wildman–Crippen MR) is 256 cm³/mol.